The minimum atomic E-state index is -0.810. The maximum Gasteiger partial charge on any atom is 0.323 e. The molecule has 13 heavy (non-hydrogen) atoms. The number of aliphatic carboxylic acids is 1. The molecule has 1 aromatic carbocycles. The standard InChI is InChI=1S/C10H12NO2/c1-2-11(8-10(12)13)9-6-4-3-5-7-9/h4-7H,2,8H2,1H3,(H,12,13). The molecule has 0 saturated heterocycles. The summed E-state index contributed by atoms with van der Waals surface area (Å²) < 4.78 is 0. The summed E-state index contributed by atoms with van der Waals surface area (Å²) >= 11 is 0. The molecule has 0 fully saturated rings. The molecule has 1 aromatic rings. The van der Waals surface area contributed by atoms with Crippen molar-refractivity contribution >= 4 is 11.7 Å². The van der Waals surface area contributed by atoms with E-state index in [1.54, 1.807) is 17.0 Å². The number of carbonyl (C=O) groups is 1. The molecule has 0 spiro atoms. The molecule has 0 aliphatic rings. The summed E-state index contributed by atoms with van der Waals surface area (Å²) in [6.45, 7) is 2.66. The molecule has 3 heteroatoms. The Morgan fingerprint density at radius 2 is 2.15 bits per heavy atom. The molecule has 0 saturated carbocycles. The van der Waals surface area contributed by atoms with Crippen LogP contribution in [0.15, 0.2) is 24.3 Å². The molecule has 0 atom stereocenters. The molecule has 0 aromatic heterocycles. The van der Waals surface area contributed by atoms with Gasteiger partial charge in [-0.3, -0.25) is 4.79 Å². The predicted octanol–water partition coefficient (Wildman–Crippen LogP) is 1.40. The first-order valence-corrected chi connectivity index (χ1v) is 4.17. The third-order valence-corrected chi connectivity index (χ3v) is 1.77. The smallest absolute Gasteiger partial charge is 0.323 e. The van der Waals surface area contributed by atoms with Crippen molar-refractivity contribution in [3.63, 3.8) is 0 Å². The quantitative estimate of drug-likeness (QED) is 0.757. The van der Waals surface area contributed by atoms with Gasteiger partial charge in [-0.25, -0.2) is 0 Å². The van der Waals surface area contributed by atoms with Gasteiger partial charge < -0.3 is 10.0 Å². The van der Waals surface area contributed by atoms with E-state index < -0.39 is 5.97 Å². The minimum absolute atomic E-state index is 0.0422. The summed E-state index contributed by atoms with van der Waals surface area (Å²) in [6.07, 6.45) is 0. The van der Waals surface area contributed by atoms with E-state index in [0.29, 0.717) is 6.54 Å². The van der Waals surface area contributed by atoms with Gasteiger partial charge in [-0.15, -0.1) is 0 Å². The Morgan fingerprint density at radius 1 is 1.54 bits per heavy atom. The topological polar surface area (TPSA) is 40.5 Å². The molecule has 1 N–H and O–H groups in total. The van der Waals surface area contributed by atoms with Crippen LogP contribution in [0.2, 0.25) is 0 Å². The number of carboxylic acid groups (broad SMARTS) is 1. The fraction of sp³-hybridized carbons (Fsp3) is 0.300. The summed E-state index contributed by atoms with van der Waals surface area (Å²) in [6, 6.07) is 10.2. The van der Waals surface area contributed by atoms with Crippen molar-refractivity contribution in [2.45, 2.75) is 6.92 Å². The first-order valence-electron chi connectivity index (χ1n) is 4.17. The van der Waals surface area contributed by atoms with E-state index >= 15 is 0 Å². The number of hydrogen-bond acceptors (Lipinski definition) is 2. The molecule has 0 amide bonds. The lowest BCUT2D eigenvalue weighted by atomic mass is 10.3. The van der Waals surface area contributed by atoms with E-state index in [1.807, 2.05) is 19.1 Å². The van der Waals surface area contributed by atoms with Crippen LogP contribution in [0.3, 0.4) is 0 Å². The van der Waals surface area contributed by atoms with E-state index in [9.17, 15) is 4.79 Å². The molecule has 0 bridgehead atoms. The highest BCUT2D eigenvalue weighted by atomic mass is 16.4. The van der Waals surface area contributed by atoms with Gasteiger partial charge >= 0.3 is 5.97 Å². The summed E-state index contributed by atoms with van der Waals surface area (Å²) in [7, 11) is 0. The highest BCUT2D eigenvalue weighted by Crippen LogP contribution is 2.11. The molecular weight excluding hydrogens is 166 g/mol. The van der Waals surface area contributed by atoms with Crippen LogP contribution in [0.5, 0.6) is 0 Å². The average Bonchev–Trinajstić information content (AvgIpc) is 2.15. The number of hydrogen-bond donors (Lipinski definition) is 1. The number of carboxylic acids is 1. The summed E-state index contributed by atoms with van der Waals surface area (Å²) in [4.78, 5) is 12.3. The van der Waals surface area contributed by atoms with Gasteiger partial charge in [0.15, 0.2) is 0 Å². The maximum absolute atomic E-state index is 10.5. The first-order chi connectivity index (χ1) is 6.24. The molecule has 1 rings (SSSR count). The van der Waals surface area contributed by atoms with Gasteiger partial charge in [0.2, 0.25) is 0 Å². The molecule has 3 nitrogen and oxygen atoms in total. The third kappa shape index (κ3) is 2.78. The number of nitrogens with zero attached hydrogens (tertiary/aromatic N) is 1. The maximum atomic E-state index is 10.5. The Hall–Kier alpha value is -1.51. The van der Waals surface area contributed by atoms with Gasteiger partial charge in [0.05, 0.1) is 0 Å². The van der Waals surface area contributed by atoms with Crippen molar-refractivity contribution in [3.05, 3.63) is 30.3 Å². The van der Waals surface area contributed by atoms with Gasteiger partial charge in [0.25, 0.3) is 0 Å². The Labute approximate surface area is 77.6 Å². The predicted molar refractivity (Wildman–Crippen MR) is 50.8 cm³/mol. The van der Waals surface area contributed by atoms with E-state index in [2.05, 4.69) is 6.07 Å². The van der Waals surface area contributed by atoms with Crippen LogP contribution in [0.4, 0.5) is 5.69 Å². The van der Waals surface area contributed by atoms with Crippen LogP contribution in [0, 0.1) is 6.07 Å². The van der Waals surface area contributed by atoms with Gasteiger partial charge in [-0.2, -0.15) is 0 Å². The van der Waals surface area contributed by atoms with E-state index in [4.69, 9.17) is 5.11 Å². The number of anilines is 1. The molecule has 0 unspecified atom stereocenters. The van der Waals surface area contributed by atoms with E-state index in [1.165, 1.54) is 0 Å². The molecular formula is C10H12NO2. The number of benzene rings is 1. The minimum Gasteiger partial charge on any atom is -0.480 e. The Kier molecular flexibility index (Phi) is 3.31. The zero-order valence-corrected chi connectivity index (χ0v) is 7.53. The Balaban J connectivity index is 2.73. The van der Waals surface area contributed by atoms with Crippen LogP contribution in [-0.4, -0.2) is 24.2 Å². The average molecular weight is 178 g/mol. The van der Waals surface area contributed by atoms with Crippen LogP contribution in [-0.2, 0) is 4.79 Å². The van der Waals surface area contributed by atoms with Crippen molar-refractivity contribution in [3.8, 4) is 0 Å². The zero-order chi connectivity index (χ0) is 9.68. The largest absolute Gasteiger partial charge is 0.480 e. The fourth-order valence-corrected chi connectivity index (χ4v) is 1.14. The van der Waals surface area contributed by atoms with Crippen molar-refractivity contribution in [2.75, 3.05) is 18.0 Å². The van der Waals surface area contributed by atoms with Crippen molar-refractivity contribution in [2.24, 2.45) is 0 Å². The molecule has 0 aliphatic heterocycles. The molecule has 0 heterocycles. The number of likely N-dealkylation sites (N-methyl/N-ethyl adjacent to an activating group) is 1. The summed E-state index contributed by atoms with van der Waals surface area (Å²) in [5.41, 5.74) is 0.920. The second-order valence-corrected chi connectivity index (χ2v) is 2.67. The van der Waals surface area contributed by atoms with Crippen LogP contribution in [0.25, 0.3) is 0 Å². The van der Waals surface area contributed by atoms with Crippen molar-refractivity contribution < 1.29 is 9.90 Å². The lowest BCUT2D eigenvalue weighted by Gasteiger charge is -2.20. The fourth-order valence-electron chi connectivity index (χ4n) is 1.14. The zero-order valence-electron chi connectivity index (χ0n) is 7.53. The van der Waals surface area contributed by atoms with Crippen LogP contribution < -0.4 is 4.90 Å². The lowest BCUT2D eigenvalue weighted by molar-refractivity contribution is -0.135. The summed E-state index contributed by atoms with van der Waals surface area (Å²) in [5, 5.41) is 8.63. The Morgan fingerprint density at radius 3 is 2.62 bits per heavy atom. The van der Waals surface area contributed by atoms with Gasteiger partial charge in [-0.05, 0) is 25.1 Å². The second-order valence-electron chi connectivity index (χ2n) is 2.67. The molecule has 69 valence electrons. The lowest BCUT2D eigenvalue weighted by Crippen LogP contribution is -2.29. The highest BCUT2D eigenvalue weighted by Gasteiger charge is 2.06. The Bertz CT molecular complexity index is 272. The second kappa shape index (κ2) is 4.50. The van der Waals surface area contributed by atoms with Gasteiger partial charge in [-0.1, -0.05) is 12.1 Å². The SMILES string of the molecule is CCN(CC(=O)O)c1cc[c]cc1. The van der Waals surface area contributed by atoms with Crippen molar-refractivity contribution in [1.29, 1.82) is 0 Å². The highest BCUT2D eigenvalue weighted by molar-refractivity contribution is 5.73. The van der Waals surface area contributed by atoms with Crippen LogP contribution in [0.1, 0.15) is 6.92 Å². The van der Waals surface area contributed by atoms with E-state index in [-0.39, 0.29) is 6.54 Å². The number of rotatable bonds is 4. The molecule has 1 radical (unpaired) electrons. The summed E-state index contributed by atoms with van der Waals surface area (Å²) in [5.74, 6) is -0.810. The third-order valence-electron chi connectivity index (χ3n) is 1.77. The first kappa shape index (κ1) is 9.58. The molecule has 0 aliphatic carbocycles. The van der Waals surface area contributed by atoms with Gasteiger partial charge in [0.1, 0.15) is 6.54 Å². The van der Waals surface area contributed by atoms with Crippen LogP contribution >= 0.6 is 0 Å². The van der Waals surface area contributed by atoms with Crippen molar-refractivity contribution in [1.82, 2.24) is 0 Å². The normalized spacial score (nSPS) is 9.62. The monoisotopic (exact) mass is 178 g/mol. The van der Waals surface area contributed by atoms with Gasteiger partial charge in [0, 0.05) is 12.2 Å². The van der Waals surface area contributed by atoms with E-state index in [0.717, 1.165) is 5.69 Å².